The monoisotopic (exact) mass is 244 g/mol. The molecular formula is C10H17ClN4O. The SMILES string of the molecule is Cl.Nc1ncncc1OCC1CCNCC1. The normalized spacial score (nSPS) is 16.5. The summed E-state index contributed by atoms with van der Waals surface area (Å²) >= 11 is 0. The van der Waals surface area contributed by atoms with Crippen LogP contribution in [0.15, 0.2) is 12.5 Å². The van der Waals surface area contributed by atoms with Gasteiger partial charge in [0.25, 0.3) is 0 Å². The van der Waals surface area contributed by atoms with Crippen molar-refractivity contribution in [2.45, 2.75) is 12.8 Å². The van der Waals surface area contributed by atoms with Crippen molar-refractivity contribution in [2.24, 2.45) is 5.92 Å². The number of nitrogen functional groups attached to an aromatic ring is 1. The number of aromatic nitrogens is 2. The number of nitrogens with one attached hydrogen (secondary N) is 1. The van der Waals surface area contributed by atoms with Gasteiger partial charge in [-0.15, -0.1) is 12.4 Å². The summed E-state index contributed by atoms with van der Waals surface area (Å²) in [5, 5.41) is 3.32. The molecule has 1 saturated heterocycles. The highest BCUT2D eigenvalue weighted by molar-refractivity contribution is 5.85. The molecule has 1 aromatic heterocycles. The highest BCUT2D eigenvalue weighted by Gasteiger charge is 2.14. The van der Waals surface area contributed by atoms with Crippen LogP contribution < -0.4 is 15.8 Å². The van der Waals surface area contributed by atoms with E-state index in [0.29, 0.717) is 24.1 Å². The van der Waals surface area contributed by atoms with Gasteiger partial charge < -0.3 is 15.8 Å². The summed E-state index contributed by atoms with van der Waals surface area (Å²) in [7, 11) is 0. The molecule has 0 bridgehead atoms. The van der Waals surface area contributed by atoms with Gasteiger partial charge in [-0.2, -0.15) is 0 Å². The lowest BCUT2D eigenvalue weighted by Gasteiger charge is -2.22. The van der Waals surface area contributed by atoms with Gasteiger partial charge in [0.2, 0.25) is 0 Å². The van der Waals surface area contributed by atoms with E-state index in [2.05, 4.69) is 15.3 Å². The average Bonchev–Trinajstić information content (AvgIpc) is 2.29. The third-order valence-electron chi connectivity index (χ3n) is 2.64. The fourth-order valence-corrected chi connectivity index (χ4v) is 1.69. The molecule has 0 amide bonds. The van der Waals surface area contributed by atoms with Crippen molar-refractivity contribution in [3.63, 3.8) is 0 Å². The van der Waals surface area contributed by atoms with Crippen LogP contribution in [0.2, 0.25) is 0 Å². The number of anilines is 1. The molecule has 1 aliphatic rings. The van der Waals surface area contributed by atoms with Crippen LogP contribution in [-0.2, 0) is 0 Å². The predicted octanol–water partition coefficient (Wildman–Crippen LogP) is 0.859. The maximum absolute atomic E-state index is 5.65. The van der Waals surface area contributed by atoms with Gasteiger partial charge in [0.05, 0.1) is 12.8 Å². The Morgan fingerprint density at radius 2 is 2.19 bits per heavy atom. The number of hydrogen-bond acceptors (Lipinski definition) is 5. The van der Waals surface area contributed by atoms with E-state index in [1.165, 1.54) is 6.33 Å². The lowest BCUT2D eigenvalue weighted by molar-refractivity contribution is 0.215. The molecule has 0 radical (unpaired) electrons. The van der Waals surface area contributed by atoms with Crippen molar-refractivity contribution in [2.75, 3.05) is 25.4 Å². The second-order valence-corrected chi connectivity index (χ2v) is 3.78. The van der Waals surface area contributed by atoms with Crippen LogP contribution in [0, 0.1) is 5.92 Å². The Morgan fingerprint density at radius 1 is 1.44 bits per heavy atom. The van der Waals surface area contributed by atoms with E-state index >= 15 is 0 Å². The van der Waals surface area contributed by atoms with Crippen molar-refractivity contribution in [3.8, 4) is 5.75 Å². The van der Waals surface area contributed by atoms with E-state index in [4.69, 9.17) is 10.5 Å². The van der Waals surface area contributed by atoms with Crippen molar-refractivity contribution < 1.29 is 4.74 Å². The second kappa shape index (κ2) is 6.50. The zero-order chi connectivity index (χ0) is 10.5. The van der Waals surface area contributed by atoms with Gasteiger partial charge in [0, 0.05) is 0 Å². The minimum atomic E-state index is 0. The van der Waals surface area contributed by atoms with E-state index < -0.39 is 0 Å². The van der Waals surface area contributed by atoms with Crippen LogP contribution in [0.25, 0.3) is 0 Å². The lowest BCUT2D eigenvalue weighted by Crippen LogP contribution is -2.30. The molecule has 5 nitrogen and oxygen atoms in total. The van der Waals surface area contributed by atoms with Gasteiger partial charge in [-0.25, -0.2) is 9.97 Å². The molecule has 1 aliphatic heterocycles. The van der Waals surface area contributed by atoms with E-state index in [9.17, 15) is 0 Å². The molecule has 1 fully saturated rings. The number of piperidine rings is 1. The Morgan fingerprint density at radius 3 is 2.88 bits per heavy atom. The quantitative estimate of drug-likeness (QED) is 0.825. The van der Waals surface area contributed by atoms with Gasteiger partial charge in [0.15, 0.2) is 11.6 Å². The molecule has 3 N–H and O–H groups in total. The Balaban J connectivity index is 0.00000128. The molecule has 90 valence electrons. The van der Waals surface area contributed by atoms with Crippen molar-refractivity contribution in [3.05, 3.63) is 12.5 Å². The first-order valence-corrected chi connectivity index (χ1v) is 5.25. The molecule has 2 rings (SSSR count). The van der Waals surface area contributed by atoms with Crippen molar-refractivity contribution in [1.82, 2.24) is 15.3 Å². The fraction of sp³-hybridized carbons (Fsp3) is 0.600. The number of halogens is 1. The summed E-state index contributed by atoms with van der Waals surface area (Å²) in [6.07, 6.45) is 5.36. The Labute approximate surface area is 101 Å². The molecule has 0 saturated carbocycles. The Hall–Kier alpha value is -1.07. The summed E-state index contributed by atoms with van der Waals surface area (Å²) in [6, 6.07) is 0. The number of hydrogen-bond donors (Lipinski definition) is 2. The minimum absolute atomic E-state index is 0. The molecule has 2 heterocycles. The topological polar surface area (TPSA) is 73.1 Å². The lowest BCUT2D eigenvalue weighted by atomic mass is 9.99. The smallest absolute Gasteiger partial charge is 0.179 e. The molecule has 0 aromatic carbocycles. The summed E-state index contributed by atoms with van der Waals surface area (Å²) in [5.41, 5.74) is 5.65. The first kappa shape index (κ1) is 13.0. The fourth-order valence-electron chi connectivity index (χ4n) is 1.69. The third-order valence-corrected chi connectivity index (χ3v) is 2.64. The van der Waals surface area contributed by atoms with E-state index in [0.717, 1.165) is 25.9 Å². The molecule has 0 aliphatic carbocycles. The van der Waals surface area contributed by atoms with Crippen LogP contribution in [-0.4, -0.2) is 29.7 Å². The van der Waals surface area contributed by atoms with Crippen LogP contribution in [0.5, 0.6) is 5.75 Å². The molecule has 0 atom stereocenters. The Bertz CT molecular complexity index is 317. The minimum Gasteiger partial charge on any atom is -0.488 e. The maximum atomic E-state index is 5.65. The number of ether oxygens (including phenoxy) is 1. The number of nitrogens with zero attached hydrogens (tertiary/aromatic N) is 2. The van der Waals surface area contributed by atoms with Crippen LogP contribution >= 0.6 is 12.4 Å². The molecule has 16 heavy (non-hydrogen) atoms. The molecular weight excluding hydrogens is 228 g/mol. The largest absolute Gasteiger partial charge is 0.488 e. The average molecular weight is 245 g/mol. The van der Waals surface area contributed by atoms with Gasteiger partial charge >= 0.3 is 0 Å². The summed E-state index contributed by atoms with van der Waals surface area (Å²) in [6.45, 7) is 2.86. The first-order valence-electron chi connectivity index (χ1n) is 5.25. The van der Waals surface area contributed by atoms with Gasteiger partial charge in [-0.3, -0.25) is 0 Å². The summed E-state index contributed by atoms with van der Waals surface area (Å²) < 4.78 is 5.60. The molecule has 0 spiro atoms. The van der Waals surface area contributed by atoms with Crippen LogP contribution in [0.3, 0.4) is 0 Å². The van der Waals surface area contributed by atoms with Gasteiger partial charge in [0.1, 0.15) is 6.33 Å². The molecule has 0 unspecified atom stereocenters. The van der Waals surface area contributed by atoms with E-state index in [1.54, 1.807) is 6.20 Å². The highest BCUT2D eigenvalue weighted by Crippen LogP contribution is 2.18. The molecule has 1 aromatic rings. The summed E-state index contributed by atoms with van der Waals surface area (Å²) in [4.78, 5) is 7.75. The zero-order valence-electron chi connectivity index (χ0n) is 9.06. The number of nitrogens with two attached hydrogens (primary N) is 1. The number of rotatable bonds is 3. The van der Waals surface area contributed by atoms with Crippen molar-refractivity contribution in [1.29, 1.82) is 0 Å². The third kappa shape index (κ3) is 3.50. The summed E-state index contributed by atoms with van der Waals surface area (Å²) in [5.74, 6) is 1.63. The van der Waals surface area contributed by atoms with Crippen LogP contribution in [0.1, 0.15) is 12.8 Å². The van der Waals surface area contributed by atoms with E-state index in [-0.39, 0.29) is 12.4 Å². The van der Waals surface area contributed by atoms with Gasteiger partial charge in [-0.05, 0) is 31.8 Å². The zero-order valence-corrected chi connectivity index (χ0v) is 9.87. The Kier molecular flexibility index (Phi) is 5.28. The maximum Gasteiger partial charge on any atom is 0.179 e. The van der Waals surface area contributed by atoms with Gasteiger partial charge in [-0.1, -0.05) is 0 Å². The second-order valence-electron chi connectivity index (χ2n) is 3.78. The van der Waals surface area contributed by atoms with E-state index in [1.807, 2.05) is 0 Å². The van der Waals surface area contributed by atoms with Crippen molar-refractivity contribution >= 4 is 18.2 Å². The van der Waals surface area contributed by atoms with Crippen LogP contribution in [0.4, 0.5) is 5.82 Å². The predicted molar refractivity (Wildman–Crippen MR) is 64.8 cm³/mol. The standard InChI is InChI=1S/C10H16N4O.ClH/c11-10-9(5-13-7-14-10)15-6-8-1-3-12-4-2-8;/h5,7-8,12H,1-4,6H2,(H2,11,13,14);1H. The molecule has 6 heteroatoms. The highest BCUT2D eigenvalue weighted by atomic mass is 35.5. The first-order chi connectivity index (χ1) is 7.36.